The van der Waals surface area contributed by atoms with Crippen LogP contribution in [-0.4, -0.2) is 12.7 Å². The van der Waals surface area contributed by atoms with Crippen LogP contribution in [-0.2, 0) is 0 Å². The van der Waals surface area contributed by atoms with E-state index in [1.165, 1.54) is 0 Å². The van der Waals surface area contributed by atoms with Crippen LogP contribution in [0.25, 0.3) is 0 Å². The van der Waals surface area contributed by atoms with Gasteiger partial charge in [-0.25, -0.2) is 8.78 Å². The molecule has 0 radical (unpaired) electrons. The quantitative estimate of drug-likeness (QED) is 0.575. The summed E-state index contributed by atoms with van der Waals surface area (Å²) in [6.07, 6.45) is -4.92. The van der Waals surface area contributed by atoms with Crippen molar-refractivity contribution in [2.24, 2.45) is 0 Å². The molecule has 0 saturated carbocycles. The molecule has 0 bridgehead atoms. The molecule has 0 spiro atoms. The van der Waals surface area contributed by atoms with Crippen molar-refractivity contribution in [3.8, 4) is 0 Å². The van der Waals surface area contributed by atoms with Crippen molar-refractivity contribution < 1.29 is 22.0 Å². The highest BCUT2D eigenvalue weighted by molar-refractivity contribution is 6.31. The molecule has 7 heteroatoms. The van der Waals surface area contributed by atoms with Crippen LogP contribution in [0.3, 0.4) is 0 Å². The standard InChI is InChI=1S/C13H15ClF5N/c1-2-5-20-12(3-4-13(17,18)19)8-6-10(15)11(16)7-9(8)14/h6-7,12,20H,2-5H2,1H3. The maximum absolute atomic E-state index is 13.2. The van der Waals surface area contributed by atoms with Gasteiger partial charge in [0.25, 0.3) is 0 Å². The lowest BCUT2D eigenvalue weighted by molar-refractivity contribution is -0.136. The molecule has 0 saturated heterocycles. The highest BCUT2D eigenvalue weighted by Crippen LogP contribution is 2.32. The zero-order valence-corrected chi connectivity index (χ0v) is 11.6. The lowest BCUT2D eigenvalue weighted by atomic mass is 10.0. The Morgan fingerprint density at radius 1 is 1.20 bits per heavy atom. The van der Waals surface area contributed by atoms with Crippen LogP contribution in [0.15, 0.2) is 12.1 Å². The monoisotopic (exact) mass is 315 g/mol. The minimum atomic E-state index is -4.31. The van der Waals surface area contributed by atoms with E-state index >= 15 is 0 Å². The third kappa shape index (κ3) is 5.25. The number of hydrogen-bond acceptors (Lipinski definition) is 1. The van der Waals surface area contributed by atoms with Crippen LogP contribution in [0, 0.1) is 11.6 Å². The number of rotatable bonds is 6. The largest absolute Gasteiger partial charge is 0.389 e. The number of benzene rings is 1. The van der Waals surface area contributed by atoms with Crippen molar-refractivity contribution in [3.05, 3.63) is 34.4 Å². The summed E-state index contributed by atoms with van der Waals surface area (Å²) in [6, 6.07) is 0.862. The van der Waals surface area contributed by atoms with Gasteiger partial charge in [-0.1, -0.05) is 18.5 Å². The first-order valence-electron chi connectivity index (χ1n) is 6.19. The summed E-state index contributed by atoms with van der Waals surface area (Å²) in [5, 5.41) is 2.79. The van der Waals surface area contributed by atoms with Gasteiger partial charge in [-0.2, -0.15) is 13.2 Å². The number of hydrogen-bond donors (Lipinski definition) is 1. The molecule has 1 rings (SSSR count). The Balaban J connectivity index is 2.95. The van der Waals surface area contributed by atoms with E-state index in [2.05, 4.69) is 5.32 Å². The maximum Gasteiger partial charge on any atom is 0.389 e. The van der Waals surface area contributed by atoms with Gasteiger partial charge in [0.1, 0.15) is 0 Å². The van der Waals surface area contributed by atoms with Crippen molar-refractivity contribution >= 4 is 11.6 Å². The zero-order valence-electron chi connectivity index (χ0n) is 10.8. The first-order valence-corrected chi connectivity index (χ1v) is 6.57. The topological polar surface area (TPSA) is 12.0 Å². The molecule has 1 aromatic carbocycles. The Kier molecular flexibility index (Phi) is 6.20. The first kappa shape index (κ1) is 17.2. The molecule has 0 fully saturated rings. The molecule has 0 amide bonds. The summed E-state index contributed by atoms with van der Waals surface area (Å²) < 4.78 is 63.1. The Morgan fingerprint density at radius 3 is 2.35 bits per heavy atom. The van der Waals surface area contributed by atoms with Gasteiger partial charge in [-0.15, -0.1) is 0 Å². The van der Waals surface area contributed by atoms with Crippen LogP contribution in [0.1, 0.15) is 37.8 Å². The minimum absolute atomic E-state index is 0.0836. The predicted octanol–water partition coefficient (Wildman–Crippen LogP) is 5.00. The fourth-order valence-corrected chi connectivity index (χ4v) is 2.08. The molecular formula is C13H15ClF5N. The third-order valence-corrected chi connectivity index (χ3v) is 3.10. The van der Waals surface area contributed by atoms with Crippen molar-refractivity contribution in [2.45, 2.75) is 38.4 Å². The lowest BCUT2D eigenvalue weighted by Crippen LogP contribution is -2.24. The molecule has 1 unspecified atom stereocenters. The van der Waals surface area contributed by atoms with Gasteiger partial charge in [-0.05, 0) is 37.1 Å². The van der Waals surface area contributed by atoms with Crippen molar-refractivity contribution in [2.75, 3.05) is 6.54 Å². The number of halogens is 6. The summed E-state index contributed by atoms with van der Waals surface area (Å²) in [7, 11) is 0. The fourth-order valence-electron chi connectivity index (χ4n) is 1.80. The van der Waals surface area contributed by atoms with Crippen LogP contribution < -0.4 is 5.32 Å². The van der Waals surface area contributed by atoms with Crippen LogP contribution in [0.4, 0.5) is 22.0 Å². The summed E-state index contributed by atoms with van der Waals surface area (Å²) in [5.74, 6) is -2.25. The van der Waals surface area contributed by atoms with Crippen molar-refractivity contribution in [3.63, 3.8) is 0 Å². The van der Waals surface area contributed by atoms with Crippen molar-refractivity contribution in [1.29, 1.82) is 0 Å². The average molecular weight is 316 g/mol. The van der Waals surface area contributed by atoms with Crippen LogP contribution >= 0.6 is 11.6 Å². The summed E-state index contributed by atoms with van der Waals surface area (Å²) in [5.41, 5.74) is 0.142. The Labute approximate surface area is 119 Å². The Hall–Kier alpha value is -0.880. The smallest absolute Gasteiger partial charge is 0.310 e. The molecule has 0 aliphatic rings. The Morgan fingerprint density at radius 2 is 1.80 bits per heavy atom. The predicted molar refractivity (Wildman–Crippen MR) is 67.7 cm³/mol. The number of nitrogens with one attached hydrogen (secondary N) is 1. The summed E-state index contributed by atoms with van der Waals surface area (Å²) in [6.45, 7) is 2.30. The molecule has 0 aromatic heterocycles. The molecule has 1 atom stereocenters. The van der Waals surface area contributed by atoms with E-state index in [1.807, 2.05) is 6.92 Å². The maximum atomic E-state index is 13.2. The van der Waals surface area contributed by atoms with Gasteiger partial charge in [0.15, 0.2) is 11.6 Å². The summed E-state index contributed by atoms with van der Waals surface area (Å²) >= 11 is 5.80. The van der Waals surface area contributed by atoms with E-state index in [-0.39, 0.29) is 17.0 Å². The average Bonchev–Trinajstić information content (AvgIpc) is 2.33. The number of alkyl halides is 3. The third-order valence-electron chi connectivity index (χ3n) is 2.77. The normalized spacial score (nSPS) is 13.6. The van der Waals surface area contributed by atoms with Crippen molar-refractivity contribution in [1.82, 2.24) is 5.32 Å². The van der Waals surface area contributed by atoms with E-state index in [0.29, 0.717) is 13.0 Å². The molecule has 20 heavy (non-hydrogen) atoms. The van der Waals surface area contributed by atoms with E-state index in [0.717, 1.165) is 12.1 Å². The second-order valence-corrected chi connectivity index (χ2v) is 4.86. The highest BCUT2D eigenvalue weighted by Gasteiger charge is 2.29. The molecular weight excluding hydrogens is 301 g/mol. The molecule has 114 valence electrons. The van der Waals surface area contributed by atoms with Crippen LogP contribution in [0.5, 0.6) is 0 Å². The van der Waals surface area contributed by atoms with E-state index in [9.17, 15) is 22.0 Å². The molecule has 1 aromatic rings. The molecule has 0 heterocycles. The minimum Gasteiger partial charge on any atom is -0.310 e. The fraction of sp³-hybridized carbons (Fsp3) is 0.538. The van der Waals surface area contributed by atoms with Gasteiger partial charge in [-0.3, -0.25) is 0 Å². The van der Waals surface area contributed by atoms with E-state index in [4.69, 9.17) is 11.6 Å². The van der Waals surface area contributed by atoms with Crippen LogP contribution in [0.2, 0.25) is 5.02 Å². The van der Waals surface area contributed by atoms with Gasteiger partial charge < -0.3 is 5.32 Å². The highest BCUT2D eigenvalue weighted by atomic mass is 35.5. The second-order valence-electron chi connectivity index (χ2n) is 4.45. The molecule has 0 aliphatic carbocycles. The molecule has 0 aliphatic heterocycles. The second kappa shape index (κ2) is 7.22. The van der Waals surface area contributed by atoms with Gasteiger partial charge in [0, 0.05) is 17.5 Å². The van der Waals surface area contributed by atoms with Gasteiger partial charge in [0.2, 0.25) is 0 Å². The van der Waals surface area contributed by atoms with Gasteiger partial charge in [0.05, 0.1) is 0 Å². The van der Waals surface area contributed by atoms with E-state index < -0.39 is 30.3 Å². The Bertz CT molecular complexity index is 447. The zero-order chi connectivity index (χ0) is 15.3. The van der Waals surface area contributed by atoms with E-state index in [1.54, 1.807) is 0 Å². The summed E-state index contributed by atoms with van der Waals surface area (Å²) in [4.78, 5) is 0. The van der Waals surface area contributed by atoms with Gasteiger partial charge >= 0.3 is 6.18 Å². The molecule has 1 nitrogen and oxygen atoms in total. The SMILES string of the molecule is CCCNC(CCC(F)(F)F)c1cc(F)c(F)cc1Cl. The molecule has 1 N–H and O–H groups in total. The lowest BCUT2D eigenvalue weighted by Gasteiger charge is -2.21. The first-order chi connectivity index (χ1) is 9.24.